The Labute approximate surface area is 136 Å². The van der Waals surface area contributed by atoms with Gasteiger partial charge in [0, 0.05) is 17.3 Å². The van der Waals surface area contributed by atoms with Crippen molar-refractivity contribution in [2.45, 2.75) is 52.6 Å². The van der Waals surface area contributed by atoms with E-state index in [-0.39, 0.29) is 23.9 Å². The Kier molecular flexibility index (Phi) is 4.45. The van der Waals surface area contributed by atoms with Crippen LogP contribution in [0.5, 0.6) is 0 Å². The van der Waals surface area contributed by atoms with Crippen LogP contribution in [0.25, 0.3) is 0 Å². The van der Waals surface area contributed by atoms with Crippen molar-refractivity contribution >= 4 is 23.5 Å². The van der Waals surface area contributed by atoms with Gasteiger partial charge in [0.15, 0.2) is 0 Å². The highest BCUT2D eigenvalue weighted by Crippen LogP contribution is 2.30. The number of nitrogens with one attached hydrogen (secondary N) is 2. The lowest BCUT2D eigenvalue weighted by atomic mass is 10.1. The first-order valence-corrected chi connectivity index (χ1v) is 7.75. The highest BCUT2D eigenvalue weighted by Gasteiger charge is 2.41. The number of amides is 4. The van der Waals surface area contributed by atoms with E-state index in [1.807, 2.05) is 34.6 Å². The average molecular weight is 317 g/mol. The Morgan fingerprint density at radius 3 is 2.35 bits per heavy atom. The summed E-state index contributed by atoms with van der Waals surface area (Å²) in [6, 6.07) is 4.50. The van der Waals surface area contributed by atoms with E-state index in [0.29, 0.717) is 16.8 Å². The molecule has 6 heteroatoms. The van der Waals surface area contributed by atoms with E-state index >= 15 is 0 Å². The standard InChI is InChI=1S/C17H23N3O3/c1-6-10(2)18-16(23)19-11-7-8-12-13(9-11)15(22)20(14(12)21)17(3,4)5/h7-10H,6H2,1-5H3,(H2,18,19,23). The van der Waals surface area contributed by atoms with E-state index in [2.05, 4.69) is 10.6 Å². The number of hydrogen-bond acceptors (Lipinski definition) is 3. The van der Waals surface area contributed by atoms with Gasteiger partial charge in [-0.05, 0) is 52.3 Å². The lowest BCUT2D eigenvalue weighted by Crippen LogP contribution is -2.45. The summed E-state index contributed by atoms with van der Waals surface area (Å²) < 4.78 is 0. The highest BCUT2D eigenvalue weighted by molar-refractivity contribution is 6.22. The molecule has 0 fully saturated rings. The molecule has 23 heavy (non-hydrogen) atoms. The zero-order chi connectivity index (χ0) is 17.4. The van der Waals surface area contributed by atoms with Gasteiger partial charge in [0.05, 0.1) is 11.1 Å². The fourth-order valence-corrected chi connectivity index (χ4v) is 2.42. The van der Waals surface area contributed by atoms with Crippen LogP contribution in [0.15, 0.2) is 18.2 Å². The number of imide groups is 1. The maximum atomic E-state index is 12.5. The molecule has 0 saturated heterocycles. The quantitative estimate of drug-likeness (QED) is 0.841. The van der Waals surface area contributed by atoms with Crippen molar-refractivity contribution in [1.82, 2.24) is 10.2 Å². The zero-order valence-electron chi connectivity index (χ0n) is 14.2. The molecule has 1 aliphatic heterocycles. The van der Waals surface area contributed by atoms with Crippen molar-refractivity contribution in [3.63, 3.8) is 0 Å². The van der Waals surface area contributed by atoms with Crippen molar-refractivity contribution in [3.8, 4) is 0 Å². The van der Waals surface area contributed by atoms with Crippen LogP contribution in [0.3, 0.4) is 0 Å². The third-order valence-electron chi connectivity index (χ3n) is 3.81. The van der Waals surface area contributed by atoms with E-state index in [1.54, 1.807) is 18.2 Å². The van der Waals surface area contributed by atoms with Crippen LogP contribution in [0.1, 0.15) is 61.8 Å². The van der Waals surface area contributed by atoms with Crippen LogP contribution in [-0.4, -0.2) is 34.3 Å². The predicted octanol–water partition coefficient (Wildman–Crippen LogP) is 3.00. The first-order chi connectivity index (χ1) is 10.6. The van der Waals surface area contributed by atoms with Crippen molar-refractivity contribution < 1.29 is 14.4 Å². The Morgan fingerprint density at radius 2 is 1.78 bits per heavy atom. The summed E-state index contributed by atoms with van der Waals surface area (Å²) in [7, 11) is 0. The molecule has 0 bridgehead atoms. The van der Waals surface area contributed by atoms with Crippen LogP contribution < -0.4 is 10.6 Å². The molecule has 2 N–H and O–H groups in total. The van der Waals surface area contributed by atoms with E-state index in [4.69, 9.17) is 0 Å². The fourth-order valence-electron chi connectivity index (χ4n) is 2.42. The summed E-state index contributed by atoms with van der Waals surface area (Å²) in [5.41, 5.74) is 0.597. The van der Waals surface area contributed by atoms with Crippen molar-refractivity contribution in [2.75, 3.05) is 5.32 Å². The van der Waals surface area contributed by atoms with Crippen LogP contribution in [0.4, 0.5) is 10.5 Å². The molecule has 0 spiro atoms. The Morgan fingerprint density at radius 1 is 1.17 bits per heavy atom. The molecule has 0 aliphatic carbocycles. The third-order valence-corrected chi connectivity index (χ3v) is 3.81. The number of rotatable bonds is 3. The Hall–Kier alpha value is -2.37. The van der Waals surface area contributed by atoms with Gasteiger partial charge in [-0.25, -0.2) is 4.79 Å². The second-order valence-corrected chi connectivity index (χ2v) is 6.78. The summed E-state index contributed by atoms with van der Waals surface area (Å²) >= 11 is 0. The van der Waals surface area contributed by atoms with E-state index < -0.39 is 5.54 Å². The second-order valence-electron chi connectivity index (χ2n) is 6.78. The molecule has 0 saturated carbocycles. The highest BCUT2D eigenvalue weighted by atomic mass is 16.2. The van der Waals surface area contributed by atoms with Gasteiger partial charge in [-0.3, -0.25) is 14.5 Å². The smallest absolute Gasteiger partial charge is 0.319 e. The predicted molar refractivity (Wildman–Crippen MR) is 88.6 cm³/mol. The van der Waals surface area contributed by atoms with Gasteiger partial charge in [-0.15, -0.1) is 0 Å². The van der Waals surface area contributed by atoms with E-state index in [1.165, 1.54) is 4.90 Å². The minimum Gasteiger partial charge on any atom is -0.335 e. The molecular weight excluding hydrogens is 294 g/mol. The Balaban J connectivity index is 2.23. The van der Waals surface area contributed by atoms with Crippen molar-refractivity contribution in [3.05, 3.63) is 29.3 Å². The molecule has 1 unspecified atom stereocenters. The first-order valence-electron chi connectivity index (χ1n) is 7.75. The molecule has 1 aliphatic rings. The molecule has 1 aromatic rings. The van der Waals surface area contributed by atoms with Gasteiger partial charge in [-0.2, -0.15) is 0 Å². The molecule has 2 rings (SSSR count). The number of hydrogen-bond donors (Lipinski definition) is 2. The third kappa shape index (κ3) is 3.36. The number of carbonyl (C=O) groups excluding carboxylic acids is 3. The van der Waals surface area contributed by atoms with Crippen LogP contribution in [-0.2, 0) is 0 Å². The number of nitrogens with zero attached hydrogens (tertiary/aromatic N) is 1. The summed E-state index contributed by atoms with van der Waals surface area (Å²) in [5, 5.41) is 5.48. The van der Waals surface area contributed by atoms with Crippen LogP contribution in [0.2, 0.25) is 0 Å². The maximum Gasteiger partial charge on any atom is 0.319 e. The molecule has 124 valence electrons. The fraction of sp³-hybridized carbons (Fsp3) is 0.471. The van der Waals surface area contributed by atoms with Gasteiger partial charge >= 0.3 is 6.03 Å². The largest absolute Gasteiger partial charge is 0.335 e. The number of fused-ring (bicyclic) bond motifs is 1. The van der Waals surface area contributed by atoms with Gasteiger partial charge in [0.1, 0.15) is 0 Å². The van der Waals surface area contributed by atoms with Crippen molar-refractivity contribution in [1.29, 1.82) is 0 Å². The first kappa shape index (κ1) is 17.0. The van der Waals surface area contributed by atoms with Crippen LogP contribution in [0, 0.1) is 0 Å². The molecular formula is C17H23N3O3. The van der Waals surface area contributed by atoms with E-state index in [9.17, 15) is 14.4 Å². The zero-order valence-corrected chi connectivity index (χ0v) is 14.2. The maximum absolute atomic E-state index is 12.5. The molecule has 0 radical (unpaired) electrons. The summed E-state index contributed by atoms with van der Waals surface area (Å²) in [5.74, 6) is -0.628. The summed E-state index contributed by atoms with van der Waals surface area (Å²) in [6.45, 7) is 9.33. The minimum absolute atomic E-state index is 0.0593. The Bertz CT molecular complexity index is 662. The second kappa shape index (κ2) is 6.02. The molecule has 1 aromatic carbocycles. The minimum atomic E-state index is -0.589. The van der Waals surface area contributed by atoms with Gasteiger partial charge in [-0.1, -0.05) is 6.92 Å². The number of carbonyl (C=O) groups is 3. The molecule has 1 atom stereocenters. The van der Waals surface area contributed by atoms with Gasteiger partial charge in [0.25, 0.3) is 11.8 Å². The van der Waals surface area contributed by atoms with Crippen molar-refractivity contribution in [2.24, 2.45) is 0 Å². The van der Waals surface area contributed by atoms with Crippen LogP contribution >= 0.6 is 0 Å². The molecule has 0 aromatic heterocycles. The number of anilines is 1. The molecule has 4 amide bonds. The number of benzene rings is 1. The average Bonchev–Trinajstić information content (AvgIpc) is 2.69. The van der Waals surface area contributed by atoms with Gasteiger partial charge in [0.2, 0.25) is 0 Å². The van der Waals surface area contributed by atoms with E-state index in [0.717, 1.165) is 6.42 Å². The SMILES string of the molecule is CCC(C)NC(=O)Nc1ccc2c(c1)C(=O)N(C(C)(C)C)C2=O. The topological polar surface area (TPSA) is 78.5 Å². The summed E-state index contributed by atoms with van der Waals surface area (Å²) in [6.07, 6.45) is 0.825. The molecule has 1 heterocycles. The lowest BCUT2D eigenvalue weighted by Gasteiger charge is -2.29. The molecule has 6 nitrogen and oxygen atoms in total. The summed E-state index contributed by atoms with van der Waals surface area (Å²) in [4.78, 5) is 38.0. The normalized spacial score (nSPS) is 15.4. The monoisotopic (exact) mass is 317 g/mol. The van der Waals surface area contributed by atoms with Gasteiger partial charge < -0.3 is 10.6 Å². The number of urea groups is 1. The lowest BCUT2D eigenvalue weighted by molar-refractivity contribution is 0.0507.